The van der Waals surface area contributed by atoms with Crippen molar-refractivity contribution in [2.24, 2.45) is 0 Å². The van der Waals surface area contributed by atoms with Crippen LogP contribution in [0.3, 0.4) is 0 Å². The molecule has 1 saturated heterocycles. The second-order valence-electron chi connectivity index (χ2n) is 6.36. The number of carbonyl (C=O) groups is 4. The average Bonchev–Trinajstić information content (AvgIpc) is 2.89. The number of benzene rings is 2. The molecular weight excluding hydrogens is 366 g/mol. The van der Waals surface area contributed by atoms with Crippen LogP contribution in [0.15, 0.2) is 48.5 Å². The van der Waals surface area contributed by atoms with Gasteiger partial charge in [0.1, 0.15) is 11.9 Å². The lowest BCUT2D eigenvalue weighted by molar-refractivity contribution is 0.0244. The third kappa shape index (κ3) is 2.92. The van der Waals surface area contributed by atoms with Crippen LogP contribution in [0, 0.1) is 0 Å². The SMILES string of the molecule is O=C(NN1C(=O)c2ccccc2C1=O)c1ccccc1OC1CN(C(=O)O)C1. The Labute approximate surface area is 159 Å². The normalized spacial score (nSPS) is 15.9. The minimum Gasteiger partial charge on any atom is -0.486 e. The van der Waals surface area contributed by atoms with Crippen molar-refractivity contribution in [2.75, 3.05) is 13.1 Å². The fraction of sp³-hybridized carbons (Fsp3) is 0.158. The van der Waals surface area contributed by atoms with E-state index in [1.807, 2.05) is 0 Å². The van der Waals surface area contributed by atoms with Gasteiger partial charge in [0.05, 0.1) is 29.8 Å². The number of nitrogens with one attached hydrogen (secondary N) is 1. The van der Waals surface area contributed by atoms with Crippen LogP contribution >= 0.6 is 0 Å². The Bertz CT molecular complexity index is 964. The summed E-state index contributed by atoms with van der Waals surface area (Å²) < 4.78 is 5.71. The monoisotopic (exact) mass is 381 g/mol. The number of carbonyl (C=O) groups excluding carboxylic acids is 3. The highest BCUT2D eigenvalue weighted by molar-refractivity contribution is 6.22. The largest absolute Gasteiger partial charge is 0.486 e. The van der Waals surface area contributed by atoms with Crippen molar-refractivity contribution in [3.8, 4) is 5.75 Å². The third-order valence-corrected chi connectivity index (χ3v) is 4.55. The van der Waals surface area contributed by atoms with Crippen LogP contribution in [-0.2, 0) is 0 Å². The first-order valence-electron chi connectivity index (χ1n) is 8.48. The Morgan fingerprint density at radius 1 is 0.964 bits per heavy atom. The van der Waals surface area contributed by atoms with E-state index in [1.54, 1.807) is 30.3 Å². The average molecular weight is 381 g/mol. The van der Waals surface area contributed by atoms with Gasteiger partial charge in [-0.1, -0.05) is 24.3 Å². The molecule has 2 aliphatic rings. The second kappa shape index (κ2) is 6.69. The van der Waals surface area contributed by atoms with Crippen molar-refractivity contribution < 1.29 is 29.0 Å². The van der Waals surface area contributed by atoms with E-state index in [0.717, 1.165) is 0 Å². The number of hydrogen-bond donors (Lipinski definition) is 2. The summed E-state index contributed by atoms with van der Waals surface area (Å²) in [4.78, 5) is 49.5. The van der Waals surface area contributed by atoms with Crippen LogP contribution in [0.4, 0.5) is 4.79 Å². The number of carboxylic acid groups (broad SMARTS) is 1. The first kappa shape index (κ1) is 17.5. The Balaban J connectivity index is 1.48. The molecule has 0 unspecified atom stereocenters. The minimum absolute atomic E-state index is 0.132. The fourth-order valence-electron chi connectivity index (χ4n) is 3.06. The van der Waals surface area contributed by atoms with Gasteiger partial charge in [-0.05, 0) is 24.3 Å². The predicted octanol–water partition coefficient (Wildman–Crippen LogP) is 1.37. The van der Waals surface area contributed by atoms with E-state index in [9.17, 15) is 19.2 Å². The topological polar surface area (TPSA) is 116 Å². The first-order valence-corrected chi connectivity index (χ1v) is 8.48. The molecule has 1 fully saturated rings. The molecule has 0 atom stereocenters. The van der Waals surface area contributed by atoms with Crippen LogP contribution in [0.2, 0.25) is 0 Å². The summed E-state index contributed by atoms with van der Waals surface area (Å²) in [5.74, 6) is -1.65. The molecule has 28 heavy (non-hydrogen) atoms. The first-order chi connectivity index (χ1) is 13.5. The van der Waals surface area contributed by atoms with Crippen molar-refractivity contribution in [1.82, 2.24) is 15.3 Å². The van der Waals surface area contributed by atoms with E-state index in [0.29, 0.717) is 5.01 Å². The molecule has 0 spiro atoms. The molecule has 142 valence electrons. The zero-order valence-corrected chi connectivity index (χ0v) is 14.5. The van der Waals surface area contributed by atoms with Crippen LogP contribution in [0.5, 0.6) is 5.75 Å². The van der Waals surface area contributed by atoms with E-state index < -0.39 is 23.8 Å². The summed E-state index contributed by atoms with van der Waals surface area (Å²) >= 11 is 0. The molecular formula is C19H15N3O6. The summed E-state index contributed by atoms with van der Waals surface area (Å²) in [7, 11) is 0. The summed E-state index contributed by atoms with van der Waals surface area (Å²) in [6.07, 6.45) is -1.40. The van der Waals surface area contributed by atoms with Gasteiger partial charge in [0, 0.05) is 0 Å². The van der Waals surface area contributed by atoms with Gasteiger partial charge in [0.25, 0.3) is 17.7 Å². The van der Waals surface area contributed by atoms with Crippen molar-refractivity contribution in [2.45, 2.75) is 6.10 Å². The van der Waals surface area contributed by atoms with E-state index in [-0.39, 0.29) is 41.6 Å². The maximum Gasteiger partial charge on any atom is 0.407 e. The number of imide groups is 1. The molecule has 9 heteroatoms. The number of hydrazine groups is 1. The summed E-state index contributed by atoms with van der Waals surface area (Å²) in [6, 6.07) is 12.7. The molecule has 9 nitrogen and oxygen atoms in total. The molecule has 0 aromatic heterocycles. The third-order valence-electron chi connectivity index (χ3n) is 4.55. The van der Waals surface area contributed by atoms with Gasteiger partial charge in [-0.15, -0.1) is 0 Å². The van der Waals surface area contributed by atoms with Gasteiger partial charge in [0.2, 0.25) is 0 Å². The molecule has 2 heterocycles. The lowest BCUT2D eigenvalue weighted by atomic mass is 10.1. The molecule has 0 radical (unpaired) electrons. The highest BCUT2D eigenvalue weighted by Crippen LogP contribution is 2.24. The number of ether oxygens (including phenoxy) is 1. The fourth-order valence-corrected chi connectivity index (χ4v) is 3.06. The van der Waals surface area contributed by atoms with E-state index >= 15 is 0 Å². The number of rotatable bonds is 4. The van der Waals surface area contributed by atoms with E-state index in [1.165, 1.54) is 23.1 Å². The number of likely N-dealkylation sites (tertiary alicyclic amines) is 1. The zero-order valence-electron chi connectivity index (χ0n) is 14.5. The van der Waals surface area contributed by atoms with Crippen LogP contribution in [-0.4, -0.2) is 58.0 Å². The van der Waals surface area contributed by atoms with Crippen LogP contribution in [0.25, 0.3) is 0 Å². The summed E-state index contributed by atoms with van der Waals surface area (Å²) in [6.45, 7) is 0.396. The van der Waals surface area contributed by atoms with Gasteiger partial charge in [-0.3, -0.25) is 19.8 Å². The van der Waals surface area contributed by atoms with E-state index in [2.05, 4.69) is 5.43 Å². The lowest BCUT2D eigenvalue weighted by Crippen LogP contribution is -2.55. The Morgan fingerprint density at radius 3 is 2.14 bits per heavy atom. The summed E-state index contributed by atoms with van der Waals surface area (Å²) in [5.41, 5.74) is 2.91. The van der Waals surface area contributed by atoms with Crippen molar-refractivity contribution in [3.05, 3.63) is 65.2 Å². The minimum atomic E-state index is -1.03. The van der Waals surface area contributed by atoms with Gasteiger partial charge < -0.3 is 14.7 Å². The molecule has 4 amide bonds. The molecule has 0 aliphatic carbocycles. The van der Waals surface area contributed by atoms with Crippen molar-refractivity contribution in [1.29, 1.82) is 0 Å². The predicted molar refractivity (Wildman–Crippen MR) is 94.9 cm³/mol. The number of hydrogen-bond acceptors (Lipinski definition) is 5. The molecule has 2 N–H and O–H groups in total. The van der Waals surface area contributed by atoms with Crippen molar-refractivity contribution >= 4 is 23.8 Å². The summed E-state index contributed by atoms with van der Waals surface area (Å²) in [5, 5.41) is 9.56. The highest BCUT2D eigenvalue weighted by atomic mass is 16.5. The van der Waals surface area contributed by atoms with Gasteiger partial charge in [-0.2, -0.15) is 5.01 Å². The number of fused-ring (bicyclic) bond motifs is 1. The van der Waals surface area contributed by atoms with Crippen LogP contribution in [0.1, 0.15) is 31.1 Å². The molecule has 2 aromatic rings. The van der Waals surface area contributed by atoms with Crippen LogP contribution < -0.4 is 10.2 Å². The lowest BCUT2D eigenvalue weighted by Gasteiger charge is -2.37. The van der Waals surface area contributed by atoms with Gasteiger partial charge in [-0.25, -0.2) is 4.79 Å². The Kier molecular flexibility index (Phi) is 4.19. The molecule has 4 rings (SSSR count). The van der Waals surface area contributed by atoms with Gasteiger partial charge in [0.15, 0.2) is 0 Å². The van der Waals surface area contributed by atoms with Crippen molar-refractivity contribution in [3.63, 3.8) is 0 Å². The zero-order chi connectivity index (χ0) is 19.8. The molecule has 0 saturated carbocycles. The molecule has 0 bridgehead atoms. The number of amides is 4. The second-order valence-corrected chi connectivity index (χ2v) is 6.36. The number of para-hydroxylation sites is 1. The maximum absolute atomic E-state index is 12.7. The molecule has 2 aromatic carbocycles. The maximum atomic E-state index is 12.7. The quantitative estimate of drug-likeness (QED) is 0.773. The standard InChI is InChI=1S/C19H15N3O6/c23-16(20-22-17(24)12-5-1-2-6-13(12)18(22)25)14-7-3-4-8-15(14)28-11-9-21(10-11)19(26)27/h1-8,11H,9-10H2,(H,20,23)(H,26,27). The van der Waals surface area contributed by atoms with E-state index in [4.69, 9.17) is 9.84 Å². The number of nitrogens with zero attached hydrogens (tertiary/aromatic N) is 2. The Morgan fingerprint density at radius 2 is 1.54 bits per heavy atom. The highest BCUT2D eigenvalue weighted by Gasteiger charge is 2.37. The smallest absolute Gasteiger partial charge is 0.407 e. The molecule has 2 aliphatic heterocycles. The van der Waals surface area contributed by atoms with Gasteiger partial charge >= 0.3 is 6.09 Å². The Hall–Kier alpha value is -3.88.